The Morgan fingerprint density at radius 2 is 1.68 bits per heavy atom. The van der Waals surface area contributed by atoms with Gasteiger partial charge in [0, 0.05) is 17.4 Å². The molecule has 28 heavy (non-hydrogen) atoms. The first kappa shape index (κ1) is 19.4. The fourth-order valence-corrected chi connectivity index (χ4v) is 3.01. The fraction of sp³-hybridized carbons (Fsp3) is 0.167. The highest BCUT2D eigenvalue weighted by Crippen LogP contribution is 2.28. The molecule has 0 unspecified atom stereocenters. The van der Waals surface area contributed by atoms with Crippen LogP contribution in [0.25, 0.3) is 11.5 Å². The van der Waals surface area contributed by atoms with E-state index in [2.05, 4.69) is 15.5 Å². The third kappa shape index (κ3) is 4.12. The van der Waals surface area contributed by atoms with Gasteiger partial charge in [-0.3, -0.25) is 10.1 Å². The number of nitrogens with zero attached hydrogens (tertiary/aromatic N) is 2. The minimum absolute atomic E-state index is 0.0954. The first-order chi connectivity index (χ1) is 13.3. The lowest BCUT2D eigenvalue weighted by Crippen LogP contribution is -2.12. The van der Waals surface area contributed by atoms with E-state index in [9.17, 15) is 13.2 Å². The first-order valence-electron chi connectivity index (χ1n) is 7.99. The Morgan fingerprint density at radius 3 is 2.29 bits per heavy atom. The summed E-state index contributed by atoms with van der Waals surface area (Å²) >= 11 is 0. The molecule has 10 heteroatoms. The molecule has 0 bridgehead atoms. The van der Waals surface area contributed by atoms with Crippen molar-refractivity contribution >= 4 is 21.8 Å². The van der Waals surface area contributed by atoms with Crippen LogP contribution in [-0.4, -0.2) is 45.0 Å². The van der Waals surface area contributed by atoms with Gasteiger partial charge in [0.1, 0.15) is 0 Å². The lowest BCUT2D eigenvalue weighted by molar-refractivity contribution is 0.102. The second-order valence-electron chi connectivity index (χ2n) is 5.73. The molecule has 0 radical (unpaired) electrons. The number of carbonyl (C=O) groups is 1. The molecular formula is C18H17N3O6S. The van der Waals surface area contributed by atoms with E-state index in [1.807, 2.05) is 0 Å². The third-order valence-electron chi connectivity index (χ3n) is 3.82. The van der Waals surface area contributed by atoms with Crippen LogP contribution in [-0.2, 0) is 9.84 Å². The second kappa shape index (κ2) is 7.69. The van der Waals surface area contributed by atoms with E-state index in [4.69, 9.17) is 13.9 Å². The molecule has 0 atom stereocenters. The van der Waals surface area contributed by atoms with Crippen molar-refractivity contribution in [3.8, 4) is 23.0 Å². The molecule has 0 saturated heterocycles. The number of carbonyl (C=O) groups excluding carboxylic acids is 1. The molecule has 1 aromatic heterocycles. The number of hydrogen-bond acceptors (Lipinski definition) is 8. The predicted octanol–water partition coefficient (Wildman–Crippen LogP) is 2.41. The zero-order chi connectivity index (χ0) is 20.3. The maximum Gasteiger partial charge on any atom is 0.322 e. The van der Waals surface area contributed by atoms with Crippen LogP contribution in [0.1, 0.15) is 10.4 Å². The number of methoxy groups -OCH3 is 2. The number of rotatable bonds is 6. The first-order valence-corrected chi connectivity index (χ1v) is 9.88. The van der Waals surface area contributed by atoms with Crippen molar-refractivity contribution in [2.75, 3.05) is 25.8 Å². The number of anilines is 1. The number of ether oxygens (including phenoxy) is 2. The van der Waals surface area contributed by atoms with E-state index < -0.39 is 15.7 Å². The van der Waals surface area contributed by atoms with Crippen molar-refractivity contribution in [1.29, 1.82) is 0 Å². The van der Waals surface area contributed by atoms with Gasteiger partial charge in [0.15, 0.2) is 21.3 Å². The van der Waals surface area contributed by atoms with Gasteiger partial charge < -0.3 is 13.9 Å². The third-order valence-corrected chi connectivity index (χ3v) is 4.95. The Kier molecular flexibility index (Phi) is 5.32. The number of nitrogens with one attached hydrogen (secondary N) is 1. The SMILES string of the molecule is COc1ccc(C(=O)Nc2nnc(-c3ccc(S(C)(=O)=O)cc3)o2)cc1OC. The lowest BCUT2D eigenvalue weighted by Gasteiger charge is -2.08. The van der Waals surface area contributed by atoms with Gasteiger partial charge in [-0.1, -0.05) is 5.10 Å². The number of benzene rings is 2. The predicted molar refractivity (Wildman–Crippen MR) is 100 cm³/mol. The molecule has 0 fully saturated rings. The Hall–Kier alpha value is -3.40. The molecule has 3 aromatic rings. The van der Waals surface area contributed by atoms with Crippen LogP contribution in [0.15, 0.2) is 51.8 Å². The summed E-state index contributed by atoms with van der Waals surface area (Å²) in [5.74, 6) is 0.579. The average Bonchev–Trinajstić information content (AvgIpc) is 3.15. The quantitative estimate of drug-likeness (QED) is 0.666. The van der Waals surface area contributed by atoms with Gasteiger partial charge in [-0.05, 0) is 42.5 Å². The Bertz CT molecular complexity index is 1110. The molecular weight excluding hydrogens is 386 g/mol. The molecule has 2 aromatic carbocycles. The number of amides is 1. The summed E-state index contributed by atoms with van der Waals surface area (Å²) in [5.41, 5.74) is 0.835. The molecule has 0 saturated carbocycles. The highest BCUT2D eigenvalue weighted by atomic mass is 32.2. The van der Waals surface area contributed by atoms with Gasteiger partial charge in [0.05, 0.1) is 19.1 Å². The average molecular weight is 403 g/mol. The van der Waals surface area contributed by atoms with Crippen LogP contribution >= 0.6 is 0 Å². The monoisotopic (exact) mass is 403 g/mol. The smallest absolute Gasteiger partial charge is 0.322 e. The van der Waals surface area contributed by atoms with Gasteiger partial charge in [0.25, 0.3) is 5.91 Å². The van der Waals surface area contributed by atoms with Gasteiger partial charge in [-0.25, -0.2) is 8.42 Å². The van der Waals surface area contributed by atoms with Crippen molar-refractivity contribution in [2.45, 2.75) is 4.90 Å². The van der Waals surface area contributed by atoms with Crippen molar-refractivity contribution < 1.29 is 27.1 Å². The second-order valence-corrected chi connectivity index (χ2v) is 7.75. The highest BCUT2D eigenvalue weighted by molar-refractivity contribution is 7.90. The van der Waals surface area contributed by atoms with E-state index in [0.717, 1.165) is 6.26 Å². The fourth-order valence-electron chi connectivity index (χ4n) is 2.38. The number of hydrogen-bond donors (Lipinski definition) is 1. The zero-order valence-electron chi connectivity index (χ0n) is 15.3. The molecule has 3 rings (SSSR count). The van der Waals surface area contributed by atoms with E-state index >= 15 is 0 Å². The minimum Gasteiger partial charge on any atom is -0.493 e. The topological polar surface area (TPSA) is 121 Å². The maximum absolute atomic E-state index is 12.4. The van der Waals surface area contributed by atoms with Gasteiger partial charge >= 0.3 is 6.01 Å². The van der Waals surface area contributed by atoms with Crippen LogP contribution < -0.4 is 14.8 Å². The van der Waals surface area contributed by atoms with Crippen LogP contribution in [0.5, 0.6) is 11.5 Å². The summed E-state index contributed by atoms with van der Waals surface area (Å²) < 4.78 is 38.8. The summed E-state index contributed by atoms with van der Waals surface area (Å²) in [5, 5.41) is 10.1. The van der Waals surface area contributed by atoms with E-state index in [1.165, 1.54) is 32.4 Å². The Morgan fingerprint density at radius 1 is 1.00 bits per heavy atom. The molecule has 0 aliphatic rings. The molecule has 1 N–H and O–H groups in total. The van der Waals surface area contributed by atoms with Gasteiger partial charge in [-0.15, -0.1) is 5.10 Å². The lowest BCUT2D eigenvalue weighted by atomic mass is 10.2. The summed E-state index contributed by atoms with van der Waals surface area (Å²) in [4.78, 5) is 12.6. The highest BCUT2D eigenvalue weighted by Gasteiger charge is 2.15. The van der Waals surface area contributed by atoms with Crippen molar-refractivity contribution in [3.63, 3.8) is 0 Å². The van der Waals surface area contributed by atoms with Crippen LogP contribution in [0.3, 0.4) is 0 Å². The minimum atomic E-state index is -3.30. The summed E-state index contributed by atoms with van der Waals surface area (Å²) in [7, 11) is -0.326. The Labute approximate surface area is 161 Å². The maximum atomic E-state index is 12.4. The number of sulfone groups is 1. The summed E-state index contributed by atoms with van der Waals surface area (Å²) in [6.07, 6.45) is 1.12. The van der Waals surface area contributed by atoms with Gasteiger partial charge in [0.2, 0.25) is 5.89 Å². The molecule has 0 aliphatic carbocycles. The van der Waals surface area contributed by atoms with Crippen LogP contribution in [0, 0.1) is 0 Å². The molecule has 146 valence electrons. The Balaban J connectivity index is 1.76. The molecule has 1 amide bonds. The van der Waals surface area contributed by atoms with Crippen LogP contribution in [0.2, 0.25) is 0 Å². The van der Waals surface area contributed by atoms with Gasteiger partial charge in [-0.2, -0.15) is 0 Å². The van der Waals surface area contributed by atoms with E-state index in [-0.39, 0.29) is 16.8 Å². The van der Waals surface area contributed by atoms with E-state index in [0.29, 0.717) is 22.6 Å². The van der Waals surface area contributed by atoms with Crippen molar-refractivity contribution in [2.24, 2.45) is 0 Å². The van der Waals surface area contributed by atoms with Crippen molar-refractivity contribution in [3.05, 3.63) is 48.0 Å². The summed E-state index contributed by atoms with van der Waals surface area (Å²) in [6, 6.07) is 10.6. The molecule has 0 spiro atoms. The zero-order valence-corrected chi connectivity index (χ0v) is 16.1. The number of aromatic nitrogens is 2. The normalized spacial score (nSPS) is 11.1. The standard InChI is InChI=1S/C18H17N3O6S/c1-25-14-9-6-12(10-15(14)26-2)16(22)19-18-21-20-17(27-18)11-4-7-13(8-5-11)28(3,23)24/h4-10H,1-3H3,(H,19,21,22). The molecule has 1 heterocycles. The molecule has 9 nitrogen and oxygen atoms in total. The summed E-state index contributed by atoms with van der Waals surface area (Å²) in [6.45, 7) is 0. The van der Waals surface area contributed by atoms with Crippen LogP contribution in [0.4, 0.5) is 6.01 Å². The van der Waals surface area contributed by atoms with Crippen molar-refractivity contribution in [1.82, 2.24) is 10.2 Å². The largest absolute Gasteiger partial charge is 0.493 e. The van der Waals surface area contributed by atoms with E-state index in [1.54, 1.807) is 24.3 Å². The molecule has 0 aliphatic heterocycles.